The largest absolute Gasteiger partial charge is 0.462 e. The quantitative estimate of drug-likeness (QED) is 0.138. The third-order valence-electron chi connectivity index (χ3n) is 8.42. The molecular formula is C38H36FN5O6S. The van der Waals surface area contributed by atoms with Crippen molar-refractivity contribution in [2.75, 3.05) is 18.1 Å². The van der Waals surface area contributed by atoms with Crippen LogP contribution < -0.4 is 10.2 Å². The minimum atomic E-state index is -4.09. The smallest absolute Gasteiger partial charge is 0.408 e. The number of pyridine rings is 2. The molecule has 0 radical (unpaired) electrons. The van der Waals surface area contributed by atoms with E-state index in [1.807, 2.05) is 42.2 Å². The molecule has 1 amide bonds. The van der Waals surface area contributed by atoms with Gasteiger partial charge >= 0.3 is 12.1 Å². The predicted octanol–water partition coefficient (Wildman–Crippen LogP) is 6.30. The van der Waals surface area contributed by atoms with E-state index in [0.29, 0.717) is 30.0 Å². The van der Waals surface area contributed by atoms with Gasteiger partial charge in [0.15, 0.2) is 0 Å². The maximum atomic E-state index is 14.7. The second-order valence-electron chi connectivity index (χ2n) is 12.1. The van der Waals surface area contributed by atoms with E-state index < -0.39 is 33.9 Å². The Hall–Kier alpha value is -5.74. The van der Waals surface area contributed by atoms with Gasteiger partial charge in [0, 0.05) is 18.3 Å². The molecule has 0 spiro atoms. The number of benzene rings is 2. The van der Waals surface area contributed by atoms with Crippen LogP contribution in [0.15, 0.2) is 90.1 Å². The molecule has 1 fully saturated rings. The highest BCUT2D eigenvalue weighted by Gasteiger charge is 2.32. The number of esters is 1. The van der Waals surface area contributed by atoms with Crippen molar-refractivity contribution in [2.45, 2.75) is 57.2 Å². The van der Waals surface area contributed by atoms with Crippen LogP contribution in [0.4, 0.5) is 15.0 Å². The van der Waals surface area contributed by atoms with Crippen LogP contribution in [0, 0.1) is 24.6 Å². The van der Waals surface area contributed by atoms with Gasteiger partial charge < -0.3 is 19.7 Å². The first-order valence-corrected chi connectivity index (χ1v) is 17.9. The minimum Gasteiger partial charge on any atom is -0.462 e. The number of carbonyl (C=O) groups is 2. The fourth-order valence-electron chi connectivity index (χ4n) is 5.94. The Labute approximate surface area is 295 Å². The van der Waals surface area contributed by atoms with Crippen molar-refractivity contribution in [3.05, 3.63) is 119 Å². The highest BCUT2D eigenvalue weighted by atomic mass is 32.2. The highest BCUT2D eigenvalue weighted by Crippen LogP contribution is 2.38. The first-order chi connectivity index (χ1) is 24.5. The lowest BCUT2D eigenvalue weighted by atomic mass is 10.0. The van der Waals surface area contributed by atoms with E-state index in [9.17, 15) is 22.4 Å². The van der Waals surface area contributed by atoms with E-state index in [2.05, 4.69) is 22.1 Å². The second-order valence-corrected chi connectivity index (χ2v) is 13.9. The number of fused-ring (bicyclic) bond motifs is 1. The predicted molar refractivity (Wildman–Crippen MR) is 189 cm³/mol. The molecule has 0 aliphatic carbocycles. The maximum absolute atomic E-state index is 14.7. The molecule has 3 aromatic heterocycles. The summed E-state index contributed by atoms with van der Waals surface area (Å²) in [5.41, 5.74) is 2.99. The van der Waals surface area contributed by atoms with Gasteiger partial charge in [-0.25, -0.2) is 36.3 Å². The van der Waals surface area contributed by atoms with Gasteiger partial charge in [-0.05, 0) is 75.4 Å². The van der Waals surface area contributed by atoms with Gasteiger partial charge in [0.1, 0.15) is 35.0 Å². The number of hydrogen-bond acceptors (Lipinski definition) is 9. The van der Waals surface area contributed by atoms with Crippen molar-refractivity contribution < 1.29 is 31.9 Å². The lowest BCUT2D eigenvalue weighted by Gasteiger charge is -2.27. The van der Waals surface area contributed by atoms with Crippen LogP contribution in [0.3, 0.4) is 0 Å². The van der Waals surface area contributed by atoms with Crippen LogP contribution in [0.2, 0.25) is 0 Å². The number of hydrogen-bond donors (Lipinski definition) is 1. The van der Waals surface area contributed by atoms with Crippen molar-refractivity contribution in [2.24, 2.45) is 0 Å². The third kappa shape index (κ3) is 7.71. The number of aryl methyl sites for hydroxylation is 1. The Balaban J connectivity index is 1.29. The summed E-state index contributed by atoms with van der Waals surface area (Å²) < 4.78 is 53.8. The third-order valence-corrected chi connectivity index (χ3v) is 10.1. The molecule has 262 valence electrons. The molecule has 2 aromatic carbocycles. The summed E-state index contributed by atoms with van der Waals surface area (Å²) >= 11 is 0. The Morgan fingerprint density at radius 3 is 2.59 bits per heavy atom. The van der Waals surface area contributed by atoms with Crippen LogP contribution in [-0.2, 0) is 26.1 Å². The van der Waals surface area contributed by atoms with Crippen LogP contribution in [-0.4, -0.2) is 53.6 Å². The molecule has 2 atom stereocenters. The van der Waals surface area contributed by atoms with E-state index in [-0.39, 0.29) is 40.7 Å². The van der Waals surface area contributed by atoms with Crippen LogP contribution in [0.25, 0.3) is 11.0 Å². The first kappa shape index (κ1) is 35.1. The summed E-state index contributed by atoms with van der Waals surface area (Å²) in [6.07, 6.45) is 3.08. The molecule has 1 aliphatic heterocycles. The zero-order valence-electron chi connectivity index (χ0n) is 28.3. The summed E-state index contributed by atoms with van der Waals surface area (Å²) in [7, 11) is -4.09. The zero-order valence-corrected chi connectivity index (χ0v) is 29.1. The Morgan fingerprint density at radius 2 is 1.84 bits per heavy atom. The molecule has 13 heteroatoms. The highest BCUT2D eigenvalue weighted by molar-refractivity contribution is 7.90. The summed E-state index contributed by atoms with van der Waals surface area (Å²) in [6.45, 7) is 5.97. The molecule has 4 heterocycles. The minimum absolute atomic E-state index is 0.00268. The number of halogens is 1. The van der Waals surface area contributed by atoms with Crippen LogP contribution in [0.5, 0.6) is 0 Å². The van der Waals surface area contributed by atoms with Gasteiger partial charge in [-0.3, -0.25) is 0 Å². The Bertz CT molecular complexity index is 2250. The summed E-state index contributed by atoms with van der Waals surface area (Å²) in [5, 5.41) is 2.68. The number of alkyl carbamates (subject to hydrolysis) is 1. The number of nitrogens with one attached hydrogen (secondary N) is 1. The molecular weight excluding hydrogens is 674 g/mol. The van der Waals surface area contributed by atoms with E-state index in [1.165, 1.54) is 24.4 Å². The second kappa shape index (κ2) is 15.0. The number of amides is 1. The average Bonchev–Trinajstić information content (AvgIpc) is 3.77. The van der Waals surface area contributed by atoms with E-state index in [1.54, 1.807) is 38.1 Å². The molecule has 5 aromatic rings. The normalized spacial score (nSPS) is 14.8. The monoisotopic (exact) mass is 709 g/mol. The standard InChI is InChI=1S/C38H36FN5O6S/c1-4-49-37(45)31-23-44(51(47,48)29-15-12-25(2)13-16-29)34-18-19-35(42-36(31)34)43-20-8-11-33(43)30-21-28(39)22-40-32(30)17-14-26(3)41-38(46)50-24-27-9-6-5-7-10-27/h5-7,9-10,12-13,15-16,18-19,21-23,26,33H,4,8,11,20,24H2,1-3H3,(H,41,46)/t26-,33-/m1/s1. The molecule has 1 aliphatic rings. The maximum Gasteiger partial charge on any atom is 0.408 e. The number of carbonyl (C=O) groups excluding carboxylic acids is 2. The fraction of sp³-hybridized carbons (Fsp3) is 0.263. The molecule has 0 bridgehead atoms. The van der Waals surface area contributed by atoms with Gasteiger partial charge in [-0.2, -0.15) is 0 Å². The number of aromatic nitrogens is 3. The van der Waals surface area contributed by atoms with Gasteiger partial charge in [-0.15, -0.1) is 0 Å². The van der Waals surface area contributed by atoms with Crippen molar-refractivity contribution in [1.29, 1.82) is 0 Å². The van der Waals surface area contributed by atoms with Crippen molar-refractivity contribution in [3.8, 4) is 11.8 Å². The Morgan fingerprint density at radius 1 is 1.08 bits per heavy atom. The van der Waals surface area contributed by atoms with Gasteiger partial charge in [0.25, 0.3) is 10.0 Å². The Kier molecular flexibility index (Phi) is 10.3. The number of ether oxygens (including phenoxy) is 2. The van der Waals surface area contributed by atoms with Crippen molar-refractivity contribution >= 4 is 38.9 Å². The van der Waals surface area contributed by atoms with Gasteiger partial charge in [0.2, 0.25) is 0 Å². The number of rotatable bonds is 9. The molecule has 1 N–H and O–H groups in total. The van der Waals surface area contributed by atoms with Crippen molar-refractivity contribution in [1.82, 2.24) is 19.3 Å². The van der Waals surface area contributed by atoms with Crippen molar-refractivity contribution in [3.63, 3.8) is 0 Å². The topological polar surface area (TPSA) is 133 Å². The average molecular weight is 710 g/mol. The van der Waals surface area contributed by atoms with E-state index >= 15 is 0 Å². The molecule has 6 rings (SSSR count). The van der Waals surface area contributed by atoms with E-state index in [0.717, 1.165) is 27.7 Å². The SMILES string of the molecule is CCOC(=O)c1cn(S(=O)(=O)c2ccc(C)cc2)c2ccc(N3CCC[C@@H]3c3cc(F)cnc3C#C[C@@H](C)NC(=O)OCc3ccccc3)nc12. The molecule has 11 nitrogen and oxygen atoms in total. The molecule has 0 unspecified atom stereocenters. The number of nitrogens with zero attached hydrogens (tertiary/aromatic N) is 4. The van der Waals surface area contributed by atoms with Crippen LogP contribution in [0.1, 0.15) is 65.5 Å². The summed E-state index contributed by atoms with van der Waals surface area (Å²) in [4.78, 5) is 36.6. The van der Waals surface area contributed by atoms with Crippen LogP contribution >= 0.6 is 0 Å². The molecule has 51 heavy (non-hydrogen) atoms. The summed E-state index contributed by atoms with van der Waals surface area (Å²) in [6, 6.07) is 19.4. The lowest BCUT2D eigenvalue weighted by molar-refractivity contribution is 0.0528. The molecule has 0 saturated carbocycles. The first-order valence-electron chi connectivity index (χ1n) is 16.5. The number of anilines is 1. The summed E-state index contributed by atoms with van der Waals surface area (Å²) in [5.74, 6) is 5.18. The van der Waals surface area contributed by atoms with Gasteiger partial charge in [0.05, 0.1) is 35.3 Å². The lowest BCUT2D eigenvalue weighted by Crippen LogP contribution is -2.32. The fourth-order valence-corrected chi connectivity index (χ4v) is 7.30. The zero-order chi connectivity index (χ0) is 36.1. The van der Waals surface area contributed by atoms with Gasteiger partial charge in [-0.1, -0.05) is 53.9 Å². The molecule has 1 saturated heterocycles. The van der Waals surface area contributed by atoms with E-state index in [4.69, 9.17) is 14.5 Å².